The molecule has 0 amide bonds. The van der Waals surface area contributed by atoms with Gasteiger partial charge in [0.05, 0.1) is 39.7 Å². The number of sulfonamides is 1. The Morgan fingerprint density at radius 2 is 1.75 bits per heavy atom. The van der Waals surface area contributed by atoms with Crippen LogP contribution in [0, 0.1) is 6.92 Å². The van der Waals surface area contributed by atoms with Crippen LogP contribution in [0.2, 0.25) is 0 Å². The standard InChI is InChI=1S/C32H42N3O7S2/c1-23-29(42-21-28(36)41-19-18-35(2,3)4)31(32(37)40-5)43-30(23)25-12-9-13-27(20-25)34(26-14-16-33-17-15-26)44(38,39)22-24-10-7-6-8-11-24/h6-13,20,26,33H,14-19,21-22H2,1-5H3/q+1. The normalized spacial score (nSPS) is 14.2. The van der Waals surface area contributed by atoms with E-state index in [4.69, 9.17) is 14.2 Å². The van der Waals surface area contributed by atoms with E-state index in [-0.39, 0.29) is 35.6 Å². The maximum Gasteiger partial charge on any atom is 0.351 e. The van der Waals surface area contributed by atoms with Crippen molar-refractivity contribution in [3.05, 3.63) is 70.6 Å². The molecule has 1 aliphatic rings. The molecule has 1 aliphatic heterocycles. The summed E-state index contributed by atoms with van der Waals surface area (Å²) in [5.74, 6) is -0.993. The molecule has 3 aromatic rings. The van der Waals surface area contributed by atoms with Crippen molar-refractivity contribution in [3.8, 4) is 16.2 Å². The molecule has 10 nitrogen and oxygen atoms in total. The van der Waals surface area contributed by atoms with Crippen molar-refractivity contribution < 1.29 is 36.7 Å². The van der Waals surface area contributed by atoms with Crippen molar-refractivity contribution in [3.63, 3.8) is 0 Å². The Bertz CT molecular complexity index is 1540. The summed E-state index contributed by atoms with van der Waals surface area (Å²) in [6, 6.07) is 16.3. The second kappa shape index (κ2) is 14.6. The topological polar surface area (TPSA) is 111 Å². The minimum Gasteiger partial charge on any atom is -0.480 e. The third kappa shape index (κ3) is 8.59. The SMILES string of the molecule is COC(=O)c1sc(-c2cccc(N(C3CCNCC3)S(=O)(=O)Cc3ccccc3)c2)c(C)c1OCC(=O)OCC[N+](C)(C)C. The zero-order chi connectivity index (χ0) is 31.9. The summed E-state index contributed by atoms with van der Waals surface area (Å²) < 4.78 is 46.3. The van der Waals surface area contributed by atoms with Crippen LogP contribution < -0.4 is 14.4 Å². The summed E-state index contributed by atoms with van der Waals surface area (Å²) in [7, 11) is 3.56. The van der Waals surface area contributed by atoms with Crippen LogP contribution in [0.25, 0.3) is 10.4 Å². The van der Waals surface area contributed by atoms with Crippen molar-refractivity contribution in [1.82, 2.24) is 5.32 Å². The van der Waals surface area contributed by atoms with Gasteiger partial charge in [-0.1, -0.05) is 42.5 Å². The largest absolute Gasteiger partial charge is 0.480 e. The quantitative estimate of drug-likeness (QED) is 0.218. The first-order valence-electron chi connectivity index (χ1n) is 14.6. The highest BCUT2D eigenvalue weighted by Gasteiger charge is 2.32. The Balaban J connectivity index is 1.65. The molecule has 12 heteroatoms. The van der Waals surface area contributed by atoms with E-state index in [2.05, 4.69) is 5.32 Å². The first-order chi connectivity index (χ1) is 20.9. The van der Waals surface area contributed by atoms with Crippen LogP contribution in [0.3, 0.4) is 0 Å². The molecule has 0 saturated carbocycles. The fourth-order valence-electron chi connectivity index (χ4n) is 5.06. The summed E-state index contributed by atoms with van der Waals surface area (Å²) in [6.07, 6.45) is 1.37. The van der Waals surface area contributed by atoms with Crippen LogP contribution in [0.4, 0.5) is 5.69 Å². The van der Waals surface area contributed by atoms with Gasteiger partial charge in [0.1, 0.15) is 18.9 Å². The minimum atomic E-state index is -3.74. The van der Waals surface area contributed by atoms with E-state index >= 15 is 0 Å². The number of hydrogen-bond donors (Lipinski definition) is 1. The number of rotatable bonds is 13. The van der Waals surface area contributed by atoms with Crippen molar-refractivity contribution in [2.45, 2.75) is 31.6 Å². The Kier molecular flexibility index (Phi) is 11.1. The number of nitrogens with one attached hydrogen (secondary N) is 1. The maximum absolute atomic E-state index is 14.0. The zero-order valence-electron chi connectivity index (χ0n) is 26.0. The predicted octanol–water partition coefficient (Wildman–Crippen LogP) is 4.23. The molecule has 2 heterocycles. The van der Waals surface area contributed by atoms with Gasteiger partial charge in [-0.05, 0) is 56.1 Å². The van der Waals surface area contributed by atoms with Crippen LogP contribution >= 0.6 is 11.3 Å². The van der Waals surface area contributed by atoms with Gasteiger partial charge in [-0.15, -0.1) is 11.3 Å². The lowest BCUT2D eigenvalue weighted by molar-refractivity contribution is -0.870. The lowest BCUT2D eigenvalue weighted by atomic mass is 10.0. The average molecular weight is 645 g/mol. The number of esters is 2. The van der Waals surface area contributed by atoms with Gasteiger partial charge in [-0.25, -0.2) is 18.0 Å². The average Bonchev–Trinajstić information content (AvgIpc) is 3.31. The molecule has 0 unspecified atom stereocenters. The number of carbonyl (C=O) groups excluding carboxylic acids is 2. The molecule has 0 atom stereocenters. The molecule has 0 bridgehead atoms. The second-order valence-electron chi connectivity index (χ2n) is 11.8. The van der Waals surface area contributed by atoms with Crippen molar-refractivity contribution in [1.29, 1.82) is 0 Å². The lowest BCUT2D eigenvalue weighted by Crippen LogP contribution is -2.46. The summed E-state index contributed by atoms with van der Waals surface area (Å²) in [4.78, 5) is 26.1. The molecule has 4 rings (SSSR count). The number of thiophene rings is 1. The summed E-state index contributed by atoms with van der Waals surface area (Å²) in [5.41, 5.74) is 2.65. The van der Waals surface area contributed by atoms with E-state index in [0.29, 0.717) is 40.0 Å². The molecule has 238 valence electrons. The first kappa shape index (κ1) is 33.4. The number of anilines is 1. The van der Waals surface area contributed by atoms with Gasteiger partial charge in [-0.2, -0.15) is 0 Å². The fraction of sp³-hybridized carbons (Fsp3) is 0.438. The van der Waals surface area contributed by atoms with Gasteiger partial charge < -0.3 is 24.0 Å². The van der Waals surface area contributed by atoms with E-state index in [1.165, 1.54) is 18.4 Å². The fourth-order valence-corrected chi connectivity index (χ4v) is 8.08. The van der Waals surface area contributed by atoms with Crippen molar-refractivity contribution in [2.75, 3.05) is 65.4 Å². The molecule has 0 aliphatic carbocycles. The molecular weight excluding hydrogens is 603 g/mol. The van der Waals surface area contributed by atoms with E-state index in [0.717, 1.165) is 24.2 Å². The third-order valence-corrected chi connectivity index (χ3v) is 10.4. The Hall–Kier alpha value is -3.45. The number of hydrogen-bond acceptors (Lipinski definition) is 9. The molecule has 44 heavy (non-hydrogen) atoms. The smallest absolute Gasteiger partial charge is 0.351 e. The molecule has 0 spiro atoms. The highest BCUT2D eigenvalue weighted by molar-refractivity contribution is 7.92. The van der Waals surface area contributed by atoms with Gasteiger partial charge in [0.15, 0.2) is 11.5 Å². The number of ether oxygens (including phenoxy) is 3. The van der Waals surface area contributed by atoms with Crippen LogP contribution in [-0.2, 0) is 30.0 Å². The van der Waals surface area contributed by atoms with Crippen molar-refractivity contribution in [2.24, 2.45) is 0 Å². The van der Waals surface area contributed by atoms with Gasteiger partial charge >= 0.3 is 11.9 Å². The number of methoxy groups -OCH3 is 1. The lowest BCUT2D eigenvalue weighted by Gasteiger charge is -2.35. The number of quaternary nitrogens is 1. The molecule has 1 fully saturated rings. The second-order valence-corrected chi connectivity index (χ2v) is 14.7. The first-order valence-corrected chi connectivity index (χ1v) is 17.0. The van der Waals surface area contributed by atoms with E-state index < -0.39 is 22.0 Å². The molecular formula is C32H42N3O7S2+. The maximum atomic E-state index is 14.0. The van der Waals surface area contributed by atoms with E-state index in [1.807, 2.05) is 75.7 Å². The minimum absolute atomic E-state index is 0.116. The molecule has 1 aromatic heterocycles. The molecule has 1 N–H and O–H groups in total. The van der Waals surface area contributed by atoms with Crippen LogP contribution in [0.1, 0.15) is 33.6 Å². The highest BCUT2D eigenvalue weighted by Crippen LogP contribution is 2.43. The number of likely N-dealkylation sites (N-methyl/N-ethyl adjacent to an activating group) is 1. The highest BCUT2D eigenvalue weighted by atomic mass is 32.2. The number of piperidine rings is 1. The zero-order valence-corrected chi connectivity index (χ0v) is 27.6. The van der Waals surface area contributed by atoms with Gasteiger partial charge in [0.2, 0.25) is 10.0 Å². The number of benzene rings is 2. The molecule has 0 radical (unpaired) electrons. The van der Waals surface area contributed by atoms with E-state index in [9.17, 15) is 18.0 Å². The number of nitrogens with zero attached hydrogens (tertiary/aromatic N) is 2. The van der Waals surface area contributed by atoms with Crippen LogP contribution in [0.15, 0.2) is 54.6 Å². The van der Waals surface area contributed by atoms with Gasteiger partial charge in [0.25, 0.3) is 0 Å². The summed E-state index contributed by atoms with van der Waals surface area (Å²) >= 11 is 1.18. The van der Waals surface area contributed by atoms with Crippen LogP contribution in [0.5, 0.6) is 5.75 Å². The number of carbonyl (C=O) groups is 2. The molecule has 1 saturated heterocycles. The Morgan fingerprint density at radius 3 is 2.41 bits per heavy atom. The Labute approximate surface area is 264 Å². The third-order valence-electron chi connectivity index (χ3n) is 7.32. The van der Waals surface area contributed by atoms with E-state index in [1.54, 1.807) is 11.2 Å². The van der Waals surface area contributed by atoms with Crippen LogP contribution in [-0.4, -0.2) is 92.0 Å². The molecule has 2 aromatic carbocycles. The summed E-state index contributed by atoms with van der Waals surface area (Å²) in [6.45, 7) is 3.79. The van der Waals surface area contributed by atoms with Gasteiger partial charge in [-0.3, -0.25) is 4.31 Å². The van der Waals surface area contributed by atoms with Crippen molar-refractivity contribution >= 4 is 39.0 Å². The summed E-state index contributed by atoms with van der Waals surface area (Å²) in [5, 5.41) is 3.32. The Morgan fingerprint density at radius 1 is 1.05 bits per heavy atom. The monoisotopic (exact) mass is 644 g/mol. The predicted molar refractivity (Wildman–Crippen MR) is 173 cm³/mol. The van der Waals surface area contributed by atoms with Gasteiger partial charge in [0, 0.05) is 16.5 Å².